The summed E-state index contributed by atoms with van der Waals surface area (Å²) in [6, 6.07) is 5.67. The molecule has 2 rings (SSSR count). The average Bonchev–Trinajstić information content (AvgIpc) is 2.20. The number of ether oxygens (including phenoxy) is 1. The van der Waals surface area contributed by atoms with E-state index in [1.54, 1.807) is 0 Å². The summed E-state index contributed by atoms with van der Waals surface area (Å²) in [7, 11) is 0. The van der Waals surface area contributed by atoms with Gasteiger partial charge >= 0.3 is 0 Å². The van der Waals surface area contributed by atoms with E-state index in [0.29, 0.717) is 5.02 Å². The lowest BCUT2D eigenvalue weighted by Gasteiger charge is -2.38. The van der Waals surface area contributed by atoms with Gasteiger partial charge in [-0.3, -0.25) is 0 Å². The number of hydrogen-bond acceptors (Lipinski definition) is 2. The van der Waals surface area contributed by atoms with Gasteiger partial charge in [0.1, 0.15) is 11.4 Å². The van der Waals surface area contributed by atoms with Crippen LogP contribution >= 0.6 is 11.6 Å². The number of nitrogens with two attached hydrogens (primary N) is 1. The second-order valence-electron chi connectivity index (χ2n) is 4.40. The van der Waals surface area contributed by atoms with Gasteiger partial charge in [-0.25, -0.2) is 0 Å². The molecule has 3 heteroatoms. The van der Waals surface area contributed by atoms with Crippen molar-refractivity contribution in [3.63, 3.8) is 0 Å². The lowest BCUT2D eigenvalue weighted by atomic mass is 9.87. The van der Waals surface area contributed by atoms with Crippen LogP contribution in [0.5, 0.6) is 5.75 Å². The number of fused-ring (bicyclic) bond motifs is 1. The third-order valence-corrected chi connectivity index (χ3v) is 3.36. The fraction of sp³-hybridized carbons (Fsp3) is 0.500. The summed E-state index contributed by atoms with van der Waals surface area (Å²) in [5.74, 6) is 0.877. The molecule has 1 heterocycles. The highest BCUT2D eigenvalue weighted by molar-refractivity contribution is 6.30. The van der Waals surface area contributed by atoms with Crippen molar-refractivity contribution in [3.05, 3.63) is 28.8 Å². The Hall–Kier alpha value is -0.730. The molecule has 0 radical (unpaired) electrons. The van der Waals surface area contributed by atoms with Crippen molar-refractivity contribution in [1.29, 1.82) is 0 Å². The molecule has 0 saturated heterocycles. The first-order valence-corrected chi connectivity index (χ1v) is 5.66. The Morgan fingerprint density at radius 2 is 2.33 bits per heavy atom. The normalized spacial score (nSPS) is 29.5. The smallest absolute Gasteiger partial charge is 0.125 e. The molecule has 0 aliphatic carbocycles. The Kier molecular flexibility index (Phi) is 2.65. The molecular weight excluding hydrogens is 210 g/mol. The zero-order valence-electron chi connectivity index (χ0n) is 9.09. The van der Waals surface area contributed by atoms with Crippen LogP contribution < -0.4 is 10.5 Å². The van der Waals surface area contributed by atoms with Crippen molar-refractivity contribution in [2.75, 3.05) is 0 Å². The Morgan fingerprint density at radius 1 is 1.60 bits per heavy atom. The Labute approximate surface area is 95.4 Å². The molecule has 0 aromatic heterocycles. The number of rotatable bonds is 1. The topological polar surface area (TPSA) is 35.2 Å². The minimum absolute atomic E-state index is 0.0254. The molecule has 1 aromatic rings. The molecule has 0 fully saturated rings. The monoisotopic (exact) mass is 225 g/mol. The number of benzene rings is 1. The van der Waals surface area contributed by atoms with Crippen molar-refractivity contribution in [2.24, 2.45) is 5.73 Å². The minimum Gasteiger partial charge on any atom is -0.487 e. The van der Waals surface area contributed by atoms with E-state index in [1.807, 2.05) is 18.2 Å². The Morgan fingerprint density at radius 3 is 3.00 bits per heavy atom. The molecule has 15 heavy (non-hydrogen) atoms. The second kappa shape index (κ2) is 3.69. The van der Waals surface area contributed by atoms with E-state index in [1.165, 1.54) is 0 Å². The van der Waals surface area contributed by atoms with Gasteiger partial charge in [0.05, 0.1) is 0 Å². The van der Waals surface area contributed by atoms with Gasteiger partial charge in [-0.05, 0) is 31.5 Å². The van der Waals surface area contributed by atoms with Gasteiger partial charge in [0.2, 0.25) is 0 Å². The number of halogens is 1. The van der Waals surface area contributed by atoms with Gasteiger partial charge in [0.25, 0.3) is 0 Å². The summed E-state index contributed by atoms with van der Waals surface area (Å²) >= 11 is 5.94. The third kappa shape index (κ3) is 1.97. The summed E-state index contributed by atoms with van der Waals surface area (Å²) in [5, 5.41) is 0.716. The van der Waals surface area contributed by atoms with Crippen LogP contribution in [-0.2, 0) is 0 Å². The van der Waals surface area contributed by atoms with Crippen LogP contribution in [0, 0.1) is 0 Å². The molecule has 1 aromatic carbocycles. The Balaban J connectivity index is 2.41. The van der Waals surface area contributed by atoms with Crippen molar-refractivity contribution >= 4 is 11.6 Å². The van der Waals surface area contributed by atoms with E-state index in [4.69, 9.17) is 22.1 Å². The van der Waals surface area contributed by atoms with Crippen LogP contribution in [0.2, 0.25) is 5.02 Å². The van der Waals surface area contributed by atoms with Crippen LogP contribution in [0.3, 0.4) is 0 Å². The standard InChI is InChI=1S/C12H16ClNO/c1-3-12(2)7-10(14)9-6-8(13)4-5-11(9)15-12/h4-6,10H,3,7,14H2,1-2H3/t10-,12?/m1/s1. The third-order valence-electron chi connectivity index (χ3n) is 3.13. The van der Waals surface area contributed by atoms with E-state index >= 15 is 0 Å². The molecule has 82 valence electrons. The Bertz CT molecular complexity index is 380. The first-order chi connectivity index (χ1) is 7.04. The highest BCUT2D eigenvalue weighted by Crippen LogP contribution is 2.40. The fourth-order valence-corrected chi connectivity index (χ4v) is 2.18. The SMILES string of the molecule is CCC1(C)C[C@@H](N)c2cc(Cl)ccc2O1. The van der Waals surface area contributed by atoms with E-state index in [2.05, 4.69) is 13.8 Å². The van der Waals surface area contributed by atoms with Gasteiger partial charge < -0.3 is 10.5 Å². The van der Waals surface area contributed by atoms with E-state index in [0.717, 1.165) is 24.2 Å². The molecule has 0 spiro atoms. The lowest BCUT2D eigenvalue weighted by Crippen LogP contribution is -2.39. The molecule has 1 aliphatic rings. The van der Waals surface area contributed by atoms with Gasteiger partial charge in [-0.15, -0.1) is 0 Å². The predicted octanol–water partition coefficient (Wildman–Crippen LogP) is 3.29. The molecule has 2 N–H and O–H groups in total. The van der Waals surface area contributed by atoms with Crippen molar-refractivity contribution in [2.45, 2.75) is 38.3 Å². The van der Waals surface area contributed by atoms with Crippen molar-refractivity contribution in [1.82, 2.24) is 0 Å². The summed E-state index contributed by atoms with van der Waals surface area (Å²) in [6.45, 7) is 4.22. The molecule has 0 amide bonds. The van der Waals surface area contributed by atoms with Gasteiger partial charge in [-0.1, -0.05) is 18.5 Å². The maximum Gasteiger partial charge on any atom is 0.125 e. The predicted molar refractivity (Wildman–Crippen MR) is 62.3 cm³/mol. The van der Waals surface area contributed by atoms with Gasteiger partial charge in [0.15, 0.2) is 0 Å². The quantitative estimate of drug-likeness (QED) is 0.796. The van der Waals surface area contributed by atoms with Gasteiger partial charge in [0, 0.05) is 23.0 Å². The van der Waals surface area contributed by atoms with Crippen molar-refractivity contribution in [3.8, 4) is 5.75 Å². The van der Waals surface area contributed by atoms with Crippen LogP contribution in [-0.4, -0.2) is 5.60 Å². The van der Waals surface area contributed by atoms with Crippen molar-refractivity contribution < 1.29 is 4.74 Å². The number of hydrogen-bond donors (Lipinski definition) is 1. The van der Waals surface area contributed by atoms with E-state index in [-0.39, 0.29) is 11.6 Å². The summed E-state index contributed by atoms with van der Waals surface area (Å²) < 4.78 is 5.96. The largest absolute Gasteiger partial charge is 0.487 e. The molecular formula is C12H16ClNO. The molecule has 2 nitrogen and oxygen atoms in total. The fourth-order valence-electron chi connectivity index (χ4n) is 2.00. The molecule has 1 unspecified atom stereocenters. The summed E-state index contributed by atoms with van der Waals surface area (Å²) in [6.07, 6.45) is 1.81. The average molecular weight is 226 g/mol. The maximum absolute atomic E-state index is 6.13. The van der Waals surface area contributed by atoms with Gasteiger partial charge in [-0.2, -0.15) is 0 Å². The molecule has 0 saturated carbocycles. The minimum atomic E-state index is -0.139. The van der Waals surface area contributed by atoms with Crippen LogP contribution in [0.15, 0.2) is 18.2 Å². The summed E-state index contributed by atoms with van der Waals surface area (Å²) in [4.78, 5) is 0. The zero-order chi connectivity index (χ0) is 11.1. The highest BCUT2D eigenvalue weighted by atomic mass is 35.5. The van der Waals surface area contributed by atoms with Crippen LogP contribution in [0.25, 0.3) is 0 Å². The first-order valence-electron chi connectivity index (χ1n) is 5.28. The molecule has 1 aliphatic heterocycles. The lowest BCUT2D eigenvalue weighted by molar-refractivity contribution is 0.0503. The molecule has 0 bridgehead atoms. The second-order valence-corrected chi connectivity index (χ2v) is 4.83. The highest BCUT2D eigenvalue weighted by Gasteiger charge is 2.34. The molecule has 2 atom stereocenters. The summed E-state index contributed by atoms with van der Waals surface area (Å²) in [5.41, 5.74) is 7.01. The van der Waals surface area contributed by atoms with Crippen LogP contribution in [0.4, 0.5) is 0 Å². The first kappa shape index (κ1) is 10.8. The zero-order valence-corrected chi connectivity index (χ0v) is 9.84. The maximum atomic E-state index is 6.13. The van der Waals surface area contributed by atoms with E-state index in [9.17, 15) is 0 Å². The van der Waals surface area contributed by atoms with Crippen LogP contribution in [0.1, 0.15) is 38.3 Å². The van der Waals surface area contributed by atoms with E-state index < -0.39 is 0 Å².